The molecule has 0 aliphatic carbocycles. The van der Waals surface area contributed by atoms with Crippen LogP contribution in [0, 0.1) is 11.2 Å². The van der Waals surface area contributed by atoms with Crippen LogP contribution in [0.25, 0.3) is 0 Å². The molecule has 0 amide bonds. The van der Waals surface area contributed by atoms with Gasteiger partial charge in [-0.15, -0.1) is 0 Å². The van der Waals surface area contributed by atoms with Crippen molar-refractivity contribution in [2.45, 2.75) is 13.8 Å². The zero-order valence-corrected chi connectivity index (χ0v) is 8.13. The van der Waals surface area contributed by atoms with Gasteiger partial charge in [-0.1, -0.05) is 0 Å². The molecule has 4 heteroatoms. The fourth-order valence-electron chi connectivity index (χ4n) is 0.752. The lowest BCUT2D eigenvalue weighted by atomic mass is 10.2. The van der Waals surface area contributed by atoms with Gasteiger partial charge in [-0.05, 0) is 31.6 Å². The molecule has 0 unspecified atom stereocenters. The van der Waals surface area contributed by atoms with Gasteiger partial charge >= 0.3 is 0 Å². The van der Waals surface area contributed by atoms with Crippen molar-refractivity contribution >= 4 is 11.5 Å². The molecule has 1 aromatic heterocycles. The topological polar surface area (TPSA) is 48.8 Å². The van der Waals surface area contributed by atoms with Crippen molar-refractivity contribution in [1.29, 1.82) is 5.41 Å². The first kappa shape index (κ1) is 10.4. The highest BCUT2D eigenvalue weighted by Crippen LogP contribution is 2.04. The molecule has 1 rings (SSSR count). The minimum absolute atomic E-state index is 0.362. The quantitative estimate of drug-likeness (QED) is 0.725. The first-order valence-corrected chi connectivity index (χ1v) is 4.20. The van der Waals surface area contributed by atoms with Crippen LogP contribution in [-0.4, -0.2) is 10.7 Å². The second kappa shape index (κ2) is 4.50. The molecule has 1 aromatic rings. The second-order valence-corrected chi connectivity index (χ2v) is 2.96. The van der Waals surface area contributed by atoms with Crippen LogP contribution in [0.5, 0.6) is 0 Å². The molecular weight excluding hydrogens is 181 g/mol. The fraction of sp³-hybridized carbons (Fsp3) is 0.200. The average molecular weight is 193 g/mol. The molecule has 0 atom stereocenters. The van der Waals surface area contributed by atoms with E-state index >= 15 is 0 Å². The van der Waals surface area contributed by atoms with Crippen LogP contribution in [0.4, 0.5) is 10.2 Å². The number of allylic oxidation sites excluding steroid dienone is 1. The van der Waals surface area contributed by atoms with Crippen molar-refractivity contribution in [1.82, 2.24) is 4.98 Å². The van der Waals surface area contributed by atoms with Gasteiger partial charge in [-0.2, -0.15) is 0 Å². The molecule has 0 saturated carbocycles. The summed E-state index contributed by atoms with van der Waals surface area (Å²) < 4.78 is 12.5. The summed E-state index contributed by atoms with van der Waals surface area (Å²) in [5, 5.41) is 10.2. The lowest BCUT2D eigenvalue weighted by molar-refractivity contribution is 0.622. The molecular formula is C10H12FN3. The van der Waals surface area contributed by atoms with E-state index < -0.39 is 0 Å². The van der Waals surface area contributed by atoms with Crippen molar-refractivity contribution in [2.75, 3.05) is 5.32 Å². The summed E-state index contributed by atoms with van der Waals surface area (Å²) >= 11 is 0. The van der Waals surface area contributed by atoms with Crippen LogP contribution in [0.1, 0.15) is 13.8 Å². The Morgan fingerprint density at radius 3 is 2.71 bits per heavy atom. The van der Waals surface area contributed by atoms with Gasteiger partial charge < -0.3 is 10.7 Å². The van der Waals surface area contributed by atoms with Crippen molar-refractivity contribution in [3.8, 4) is 0 Å². The molecule has 0 aliphatic rings. The molecule has 0 aromatic carbocycles. The Kier molecular flexibility index (Phi) is 3.34. The lowest BCUT2D eigenvalue weighted by Crippen LogP contribution is -1.97. The molecule has 0 aliphatic heterocycles. The smallest absolute Gasteiger partial charge is 0.141 e. The Morgan fingerprint density at radius 1 is 1.50 bits per heavy atom. The Balaban J connectivity index is 2.66. The molecule has 0 radical (unpaired) electrons. The third-order valence-corrected chi connectivity index (χ3v) is 1.76. The van der Waals surface area contributed by atoms with Gasteiger partial charge in [-0.3, -0.25) is 0 Å². The van der Waals surface area contributed by atoms with Gasteiger partial charge in [-0.25, -0.2) is 9.37 Å². The molecule has 0 bridgehead atoms. The highest BCUT2D eigenvalue weighted by Gasteiger charge is 1.93. The number of hydrogen-bond donors (Lipinski definition) is 2. The van der Waals surface area contributed by atoms with E-state index in [0.29, 0.717) is 11.5 Å². The highest BCUT2D eigenvalue weighted by molar-refractivity contribution is 5.95. The number of halogens is 1. The monoisotopic (exact) mass is 193 g/mol. The largest absolute Gasteiger partial charge is 0.346 e. The van der Waals surface area contributed by atoms with Gasteiger partial charge in [0.15, 0.2) is 0 Å². The maximum Gasteiger partial charge on any atom is 0.141 e. The molecule has 0 spiro atoms. The van der Waals surface area contributed by atoms with Crippen LogP contribution < -0.4 is 5.32 Å². The van der Waals surface area contributed by atoms with Crippen LogP contribution >= 0.6 is 0 Å². The van der Waals surface area contributed by atoms with Crippen molar-refractivity contribution in [2.24, 2.45) is 0 Å². The van der Waals surface area contributed by atoms with E-state index in [1.54, 1.807) is 19.2 Å². The van der Waals surface area contributed by atoms with Gasteiger partial charge in [0.05, 0.1) is 6.20 Å². The van der Waals surface area contributed by atoms with Gasteiger partial charge in [0.2, 0.25) is 0 Å². The first-order chi connectivity index (χ1) is 6.59. The molecule has 2 N–H and O–H groups in total. The Hall–Kier alpha value is -1.71. The SMILES string of the molecule is CC(=N)/C(C)=C\Nc1ccc(F)cn1. The maximum atomic E-state index is 12.5. The maximum absolute atomic E-state index is 12.5. The van der Waals surface area contributed by atoms with Crippen LogP contribution in [-0.2, 0) is 0 Å². The Labute approximate surface area is 82.2 Å². The van der Waals surface area contributed by atoms with Crippen molar-refractivity contribution in [3.05, 3.63) is 35.9 Å². The van der Waals surface area contributed by atoms with E-state index in [2.05, 4.69) is 10.3 Å². The Bertz CT molecular complexity index is 354. The summed E-state index contributed by atoms with van der Waals surface area (Å²) in [5.74, 6) is 0.200. The molecule has 14 heavy (non-hydrogen) atoms. The van der Waals surface area contributed by atoms with Crippen molar-refractivity contribution in [3.63, 3.8) is 0 Å². The predicted octanol–water partition coefficient (Wildman–Crippen LogP) is 2.58. The lowest BCUT2D eigenvalue weighted by Gasteiger charge is -2.01. The van der Waals surface area contributed by atoms with E-state index in [1.807, 2.05) is 6.92 Å². The molecule has 3 nitrogen and oxygen atoms in total. The normalized spacial score (nSPS) is 11.2. The van der Waals surface area contributed by atoms with Gasteiger partial charge in [0.25, 0.3) is 0 Å². The number of aromatic nitrogens is 1. The van der Waals surface area contributed by atoms with Crippen molar-refractivity contribution < 1.29 is 4.39 Å². The summed E-state index contributed by atoms with van der Waals surface area (Å²) in [4.78, 5) is 3.81. The van der Waals surface area contributed by atoms with Crippen LogP contribution in [0.2, 0.25) is 0 Å². The number of nitrogens with zero attached hydrogens (tertiary/aromatic N) is 1. The zero-order chi connectivity index (χ0) is 10.6. The first-order valence-electron chi connectivity index (χ1n) is 4.20. The highest BCUT2D eigenvalue weighted by atomic mass is 19.1. The second-order valence-electron chi connectivity index (χ2n) is 2.96. The van der Waals surface area contributed by atoms with E-state index in [1.165, 1.54) is 6.07 Å². The number of hydrogen-bond acceptors (Lipinski definition) is 3. The Morgan fingerprint density at radius 2 is 2.21 bits per heavy atom. The molecule has 1 heterocycles. The summed E-state index contributed by atoms with van der Waals surface area (Å²) in [6, 6.07) is 2.87. The fourth-order valence-corrected chi connectivity index (χ4v) is 0.752. The predicted molar refractivity (Wildman–Crippen MR) is 55.0 cm³/mol. The summed E-state index contributed by atoms with van der Waals surface area (Å²) in [7, 11) is 0. The number of pyridine rings is 1. The number of rotatable bonds is 3. The summed E-state index contributed by atoms with van der Waals surface area (Å²) in [5.41, 5.74) is 1.30. The molecule has 74 valence electrons. The van der Waals surface area contributed by atoms with Gasteiger partial charge in [0, 0.05) is 11.9 Å². The van der Waals surface area contributed by atoms with E-state index in [9.17, 15) is 4.39 Å². The number of nitrogens with one attached hydrogen (secondary N) is 2. The minimum atomic E-state index is -0.362. The van der Waals surface area contributed by atoms with E-state index in [0.717, 1.165) is 11.8 Å². The minimum Gasteiger partial charge on any atom is -0.346 e. The van der Waals surface area contributed by atoms with Gasteiger partial charge in [0.1, 0.15) is 11.6 Å². The van der Waals surface area contributed by atoms with Crippen LogP contribution in [0.3, 0.4) is 0 Å². The zero-order valence-electron chi connectivity index (χ0n) is 8.13. The third-order valence-electron chi connectivity index (χ3n) is 1.76. The third kappa shape index (κ3) is 2.97. The van der Waals surface area contributed by atoms with E-state index in [-0.39, 0.29) is 5.82 Å². The molecule has 0 fully saturated rings. The van der Waals surface area contributed by atoms with Crippen LogP contribution in [0.15, 0.2) is 30.1 Å². The summed E-state index contributed by atoms with van der Waals surface area (Å²) in [6.45, 7) is 3.52. The standard InChI is InChI=1S/C10H12FN3/c1-7(8(2)12)5-13-10-4-3-9(11)6-14-10/h3-6,12H,1-2H3,(H,13,14)/b7-5-,12-8?. The average Bonchev–Trinajstić information content (AvgIpc) is 2.16. The molecule has 0 saturated heterocycles. The summed E-state index contributed by atoms with van der Waals surface area (Å²) in [6.07, 6.45) is 2.81. The van der Waals surface area contributed by atoms with E-state index in [4.69, 9.17) is 5.41 Å². The number of anilines is 1.